The number of carbonyl (C=O) groups is 1. The Morgan fingerprint density at radius 1 is 1.54 bits per heavy atom. The van der Waals surface area contributed by atoms with Crippen LogP contribution >= 0.6 is 24.0 Å². The lowest BCUT2D eigenvalue weighted by molar-refractivity contribution is 0.0697. The second-order valence-corrected chi connectivity index (χ2v) is 2.49. The molecule has 70 valence electrons. The number of carboxylic acid groups (broad SMARTS) is 1. The summed E-state index contributed by atoms with van der Waals surface area (Å²) in [7, 11) is 0. The molecule has 0 fully saturated rings. The lowest BCUT2D eigenvalue weighted by atomic mass is 10.2. The Morgan fingerprint density at radius 3 is 2.62 bits per heavy atom. The average Bonchev–Trinajstić information content (AvgIpc) is 2.05. The van der Waals surface area contributed by atoms with E-state index in [1.54, 1.807) is 0 Å². The van der Waals surface area contributed by atoms with Crippen molar-refractivity contribution in [2.75, 3.05) is 0 Å². The molecule has 0 aliphatic heterocycles. The Labute approximate surface area is 85.4 Å². The SMILES string of the molecule is Cl.N=Nc1ccc(Cl)c(C(=O)O)c1. The molecule has 0 aliphatic rings. The van der Waals surface area contributed by atoms with Crippen molar-refractivity contribution < 1.29 is 9.90 Å². The number of rotatable bonds is 2. The van der Waals surface area contributed by atoms with Gasteiger partial charge in [-0.25, -0.2) is 10.3 Å². The number of hydrogen-bond acceptors (Lipinski definition) is 3. The third-order valence-electron chi connectivity index (χ3n) is 1.31. The van der Waals surface area contributed by atoms with E-state index < -0.39 is 5.97 Å². The molecule has 1 aromatic carbocycles. The molecule has 0 spiro atoms. The minimum Gasteiger partial charge on any atom is -0.478 e. The van der Waals surface area contributed by atoms with E-state index >= 15 is 0 Å². The molecule has 0 unspecified atom stereocenters. The zero-order chi connectivity index (χ0) is 9.14. The normalized spacial score (nSPS) is 8.69. The van der Waals surface area contributed by atoms with Crippen LogP contribution in [0.4, 0.5) is 5.69 Å². The number of carboxylic acids is 1. The van der Waals surface area contributed by atoms with Crippen molar-refractivity contribution in [3.63, 3.8) is 0 Å². The quantitative estimate of drug-likeness (QED) is 0.752. The van der Waals surface area contributed by atoms with Gasteiger partial charge in [0.15, 0.2) is 0 Å². The van der Waals surface area contributed by atoms with Crippen LogP contribution in [-0.2, 0) is 0 Å². The number of nitrogens with one attached hydrogen (secondary N) is 1. The van der Waals surface area contributed by atoms with E-state index in [0.717, 1.165) is 0 Å². The van der Waals surface area contributed by atoms with Crippen LogP contribution in [0.5, 0.6) is 0 Å². The Morgan fingerprint density at radius 2 is 2.15 bits per heavy atom. The summed E-state index contributed by atoms with van der Waals surface area (Å²) in [4.78, 5) is 10.5. The Hall–Kier alpha value is -1.13. The summed E-state index contributed by atoms with van der Waals surface area (Å²) < 4.78 is 0. The highest BCUT2D eigenvalue weighted by Gasteiger charge is 2.08. The minimum atomic E-state index is -1.12. The van der Waals surface area contributed by atoms with Gasteiger partial charge in [-0.2, -0.15) is 5.11 Å². The predicted molar refractivity (Wildman–Crippen MR) is 50.5 cm³/mol. The lowest BCUT2D eigenvalue weighted by Crippen LogP contribution is -1.96. The van der Waals surface area contributed by atoms with Crippen LogP contribution < -0.4 is 0 Å². The van der Waals surface area contributed by atoms with Crippen molar-refractivity contribution in [1.29, 1.82) is 5.53 Å². The van der Waals surface area contributed by atoms with E-state index in [0.29, 0.717) is 0 Å². The molecule has 0 aliphatic carbocycles. The molecule has 0 bridgehead atoms. The maximum absolute atomic E-state index is 10.5. The monoisotopic (exact) mass is 220 g/mol. The largest absolute Gasteiger partial charge is 0.478 e. The van der Waals surface area contributed by atoms with Crippen LogP contribution in [-0.4, -0.2) is 11.1 Å². The molecule has 0 amide bonds. The molecule has 13 heavy (non-hydrogen) atoms. The highest BCUT2D eigenvalue weighted by atomic mass is 35.5. The highest BCUT2D eigenvalue weighted by molar-refractivity contribution is 6.33. The summed E-state index contributed by atoms with van der Waals surface area (Å²) in [6, 6.07) is 4.12. The van der Waals surface area contributed by atoms with Gasteiger partial charge in [0.25, 0.3) is 0 Å². The fourth-order valence-electron chi connectivity index (χ4n) is 0.747. The van der Waals surface area contributed by atoms with Gasteiger partial charge in [-0.1, -0.05) is 11.6 Å². The van der Waals surface area contributed by atoms with E-state index in [2.05, 4.69) is 5.11 Å². The van der Waals surface area contributed by atoms with Gasteiger partial charge in [-0.05, 0) is 18.2 Å². The minimum absolute atomic E-state index is 0. The standard InChI is InChI=1S/C7H5ClN2O2.ClH/c8-6-2-1-4(10-9)3-5(6)7(11)12;/h1-3,9H,(H,11,12);1H. The van der Waals surface area contributed by atoms with E-state index in [1.807, 2.05) is 0 Å². The second-order valence-electron chi connectivity index (χ2n) is 2.08. The van der Waals surface area contributed by atoms with Crippen molar-refractivity contribution in [3.05, 3.63) is 28.8 Å². The Balaban J connectivity index is 0.00000144. The number of benzene rings is 1. The van der Waals surface area contributed by atoms with Crippen LogP contribution in [0, 0.1) is 5.53 Å². The van der Waals surface area contributed by atoms with E-state index in [1.165, 1.54) is 18.2 Å². The van der Waals surface area contributed by atoms with Crippen molar-refractivity contribution in [1.82, 2.24) is 0 Å². The molecule has 0 saturated carbocycles. The van der Waals surface area contributed by atoms with Crippen molar-refractivity contribution in [2.24, 2.45) is 5.11 Å². The van der Waals surface area contributed by atoms with E-state index in [9.17, 15) is 4.79 Å². The van der Waals surface area contributed by atoms with Gasteiger partial charge in [0, 0.05) is 0 Å². The third kappa shape index (κ3) is 2.68. The first kappa shape index (κ1) is 11.9. The summed E-state index contributed by atoms with van der Waals surface area (Å²) >= 11 is 5.56. The molecule has 0 aromatic heterocycles. The van der Waals surface area contributed by atoms with Crippen molar-refractivity contribution in [3.8, 4) is 0 Å². The van der Waals surface area contributed by atoms with Crippen LogP contribution in [0.3, 0.4) is 0 Å². The van der Waals surface area contributed by atoms with Gasteiger partial charge < -0.3 is 5.11 Å². The second kappa shape index (κ2) is 4.79. The fourth-order valence-corrected chi connectivity index (χ4v) is 0.945. The Kier molecular flexibility index (Phi) is 4.37. The first-order valence-corrected chi connectivity index (χ1v) is 3.43. The fraction of sp³-hybridized carbons (Fsp3) is 0. The zero-order valence-corrected chi connectivity index (χ0v) is 7.89. The summed E-state index contributed by atoms with van der Waals surface area (Å²) in [6.45, 7) is 0. The van der Waals surface area contributed by atoms with Gasteiger partial charge in [0.1, 0.15) is 0 Å². The maximum Gasteiger partial charge on any atom is 0.337 e. The highest BCUT2D eigenvalue weighted by Crippen LogP contribution is 2.21. The summed E-state index contributed by atoms with van der Waals surface area (Å²) in [5, 5.41) is 11.8. The molecule has 6 heteroatoms. The Bertz CT molecular complexity index is 341. The summed E-state index contributed by atoms with van der Waals surface area (Å²) in [5.74, 6) is -1.12. The first-order valence-electron chi connectivity index (χ1n) is 3.05. The first-order chi connectivity index (χ1) is 5.65. The number of hydrogen-bond donors (Lipinski definition) is 2. The topological polar surface area (TPSA) is 73.5 Å². The molecular weight excluding hydrogens is 215 g/mol. The molecule has 0 radical (unpaired) electrons. The van der Waals surface area contributed by atoms with Gasteiger partial charge >= 0.3 is 5.97 Å². The van der Waals surface area contributed by atoms with Gasteiger partial charge in [0.05, 0.1) is 16.3 Å². The third-order valence-corrected chi connectivity index (χ3v) is 1.64. The van der Waals surface area contributed by atoms with Crippen LogP contribution in [0.15, 0.2) is 23.3 Å². The molecule has 0 saturated heterocycles. The van der Waals surface area contributed by atoms with Gasteiger partial charge in [-0.15, -0.1) is 12.4 Å². The number of nitrogens with zero attached hydrogens (tertiary/aromatic N) is 1. The predicted octanol–water partition coefficient (Wildman–Crippen LogP) is 3.12. The molecule has 0 atom stereocenters. The number of aromatic carboxylic acids is 1. The van der Waals surface area contributed by atoms with E-state index in [-0.39, 0.29) is 28.7 Å². The lowest BCUT2D eigenvalue weighted by Gasteiger charge is -1.97. The number of halogens is 2. The van der Waals surface area contributed by atoms with Crippen molar-refractivity contribution >= 4 is 35.7 Å². The molecule has 2 N–H and O–H groups in total. The van der Waals surface area contributed by atoms with Gasteiger partial charge in [-0.3, -0.25) is 0 Å². The summed E-state index contributed by atoms with van der Waals surface area (Å²) in [5.41, 5.74) is 6.88. The maximum atomic E-state index is 10.5. The molecule has 1 rings (SSSR count). The molecular formula is C7H6Cl2N2O2. The average molecular weight is 221 g/mol. The van der Waals surface area contributed by atoms with Crippen LogP contribution in [0.25, 0.3) is 0 Å². The van der Waals surface area contributed by atoms with Crippen LogP contribution in [0.1, 0.15) is 10.4 Å². The van der Waals surface area contributed by atoms with E-state index in [4.69, 9.17) is 22.2 Å². The molecule has 4 nitrogen and oxygen atoms in total. The smallest absolute Gasteiger partial charge is 0.337 e. The molecule has 0 heterocycles. The van der Waals surface area contributed by atoms with Gasteiger partial charge in [0.2, 0.25) is 0 Å². The van der Waals surface area contributed by atoms with Crippen LogP contribution in [0.2, 0.25) is 5.02 Å². The van der Waals surface area contributed by atoms with Crippen molar-refractivity contribution in [2.45, 2.75) is 0 Å². The summed E-state index contributed by atoms with van der Waals surface area (Å²) in [6.07, 6.45) is 0. The molecule has 1 aromatic rings. The zero-order valence-electron chi connectivity index (χ0n) is 6.32.